The number of benzene rings is 2. The Hall–Kier alpha value is -3.26. The van der Waals surface area contributed by atoms with Crippen LogP contribution in [0.1, 0.15) is 26.6 Å². The topological polar surface area (TPSA) is 70.1 Å². The predicted octanol–water partition coefficient (Wildman–Crippen LogP) is 4.43. The number of ether oxygens (including phenoxy) is 4. The highest BCUT2D eigenvalue weighted by atomic mass is 32.1. The van der Waals surface area contributed by atoms with Crippen molar-refractivity contribution in [2.24, 2.45) is 0 Å². The number of fused-ring (bicyclic) bond motifs is 2. The Morgan fingerprint density at radius 1 is 1.00 bits per heavy atom. The van der Waals surface area contributed by atoms with Crippen molar-refractivity contribution in [2.75, 3.05) is 21.3 Å². The van der Waals surface area contributed by atoms with Crippen LogP contribution in [0.2, 0.25) is 0 Å². The molecule has 8 heteroatoms. The Kier molecular flexibility index (Phi) is 5.50. The van der Waals surface area contributed by atoms with Crippen molar-refractivity contribution in [1.29, 1.82) is 0 Å². The lowest BCUT2D eigenvalue weighted by Crippen LogP contribution is -2.31. The zero-order chi connectivity index (χ0) is 21.3. The van der Waals surface area contributed by atoms with Crippen LogP contribution in [0.15, 0.2) is 35.7 Å². The Balaban J connectivity index is 1.83. The molecular formula is C22H22N2O5S. The lowest BCUT2D eigenvalue weighted by atomic mass is 10.1. The van der Waals surface area contributed by atoms with E-state index in [9.17, 15) is 4.79 Å². The van der Waals surface area contributed by atoms with E-state index in [0.29, 0.717) is 47.5 Å². The van der Waals surface area contributed by atoms with Crippen molar-refractivity contribution in [3.05, 3.63) is 57.5 Å². The zero-order valence-electron chi connectivity index (χ0n) is 17.2. The second-order valence-electron chi connectivity index (χ2n) is 6.80. The lowest BCUT2D eigenvalue weighted by Gasteiger charge is -2.28. The number of hydrogen-bond acceptors (Lipinski definition) is 7. The Bertz CT molecular complexity index is 1100. The average molecular weight is 426 g/mol. The molecule has 0 bridgehead atoms. The molecule has 30 heavy (non-hydrogen) atoms. The van der Waals surface area contributed by atoms with E-state index in [1.54, 1.807) is 37.7 Å². The van der Waals surface area contributed by atoms with Crippen molar-refractivity contribution < 1.29 is 23.7 Å². The summed E-state index contributed by atoms with van der Waals surface area (Å²) in [4.78, 5) is 19.4. The molecule has 2 aromatic carbocycles. The van der Waals surface area contributed by atoms with Gasteiger partial charge < -0.3 is 23.8 Å². The van der Waals surface area contributed by atoms with Crippen LogP contribution in [0.25, 0.3) is 0 Å². The number of nitrogens with zero attached hydrogens (tertiary/aromatic N) is 2. The third-order valence-corrected chi connectivity index (χ3v) is 5.68. The van der Waals surface area contributed by atoms with Crippen LogP contribution in [0.5, 0.6) is 28.7 Å². The molecule has 4 rings (SSSR count). The number of thiazole rings is 1. The highest BCUT2D eigenvalue weighted by Crippen LogP contribution is 2.41. The maximum absolute atomic E-state index is 13.2. The standard InChI is InChI=1S/C22H22N2O5S/c1-13-23-17(12-30-13)22(25)24-10-14-5-6-16(26-2)8-18(14)29-19-9-21(28-4)20(27-3)7-15(19)11-24/h5-9,12H,10-11H2,1-4H3. The van der Waals surface area contributed by atoms with Crippen molar-refractivity contribution >= 4 is 17.2 Å². The van der Waals surface area contributed by atoms with Crippen molar-refractivity contribution in [1.82, 2.24) is 9.88 Å². The van der Waals surface area contributed by atoms with E-state index in [4.69, 9.17) is 18.9 Å². The molecule has 1 amide bonds. The number of carbonyl (C=O) groups is 1. The normalized spacial score (nSPS) is 12.7. The SMILES string of the molecule is COc1ccc2c(c1)Oc1cc(OC)c(OC)cc1CN(C(=O)c1csc(C)n1)C2. The van der Waals surface area contributed by atoms with Gasteiger partial charge in [-0.05, 0) is 25.1 Å². The first kappa shape index (κ1) is 20.0. The number of hydrogen-bond donors (Lipinski definition) is 0. The van der Waals surface area contributed by atoms with Gasteiger partial charge in [-0.25, -0.2) is 4.98 Å². The van der Waals surface area contributed by atoms with E-state index in [-0.39, 0.29) is 5.91 Å². The van der Waals surface area contributed by atoms with Gasteiger partial charge in [-0.3, -0.25) is 4.79 Å². The number of methoxy groups -OCH3 is 3. The van der Waals surface area contributed by atoms with Gasteiger partial charge in [0.1, 0.15) is 22.9 Å². The van der Waals surface area contributed by atoms with Crippen LogP contribution < -0.4 is 18.9 Å². The van der Waals surface area contributed by atoms with Crippen molar-refractivity contribution in [3.63, 3.8) is 0 Å². The van der Waals surface area contributed by atoms with E-state index in [0.717, 1.165) is 16.1 Å². The third kappa shape index (κ3) is 3.78. The summed E-state index contributed by atoms with van der Waals surface area (Å²) in [5, 5.41) is 2.64. The highest BCUT2D eigenvalue weighted by Gasteiger charge is 2.26. The summed E-state index contributed by atoms with van der Waals surface area (Å²) in [6.45, 7) is 2.61. The smallest absolute Gasteiger partial charge is 0.273 e. The summed E-state index contributed by atoms with van der Waals surface area (Å²) in [6.07, 6.45) is 0. The highest BCUT2D eigenvalue weighted by molar-refractivity contribution is 7.09. The fourth-order valence-electron chi connectivity index (χ4n) is 3.36. The number of aryl methyl sites for hydroxylation is 1. The second kappa shape index (κ2) is 8.23. The van der Waals surface area contributed by atoms with Crippen LogP contribution in [0.3, 0.4) is 0 Å². The fourth-order valence-corrected chi connectivity index (χ4v) is 3.95. The summed E-state index contributed by atoms with van der Waals surface area (Å²) in [7, 11) is 4.76. The molecular weight excluding hydrogens is 404 g/mol. The Labute approximate surface area is 178 Å². The molecule has 0 fully saturated rings. The minimum atomic E-state index is -0.135. The van der Waals surface area contributed by atoms with Gasteiger partial charge in [0.05, 0.1) is 39.4 Å². The largest absolute Gasteiger partial charge is 0.497 e. The molecule has 1 aromatic heterocycles. The fraction of sp³-hybridized carbons (Fsp3) is 0.273. The minimum absolute atomic E-state index is 0.135. The lowest BCUT2D eigenvalue weighted by molar-refractivity contribution is 0.0719. The predicted molar refractivity (Wildman–Crippen MR) is 113 cm³/mol. The Morgan fingerprint density at radius 3 is 2.37 bits per heavy atom. The van der Waals surface area contributed by atoms with Gasteiger partial charge in [-0.2, -0.15) is 0 Å². The van der Waals surface area contributed by atoms with Gasteiger partial charge >= 0.3 is 0 Å². The molecule has 1 aliphatic heterocycles. The molecule has 0 radical (unpaired) electrons. The summed E-state index contributed by atoms with van der Waals surface area (Å²) in [5.74, 6) is 2.87. The first-order valence-corrected chi connectivity index (χ1v) is 10.2. The molecule has 3 aromatic rings. The molecule has 7 nitrogen and oxygen atoms in total. The molecule has 1 aliphatic rings. The maximum atomic E-state index is 13.2. The first-order chi connectivity index (χ1) is 14.5. The number of carbonyl (C=O) groups excluding carboxylic acids is 1. The van der Waals surface area contributed by atoms with Crippen LogP contribution in [0.4, 0.5) is 0 Å². The maximum Gasteiger partial charge on any atom is 0.273 e. The number of amides is 1. The number of rotatable bonds is 4. The van der Waals surface area contributed by atoms with E-state index < -0.39 is 0 Å². The quantitative estimate of drug-likeness (QED) is 0.615. The van der Waals surface area contributed by atoms with E-state index in [1.807, 2.05) is 31.2 Å². The van der Waals surface area contributed by atoms with Crippen LogP contribution in [-0.4, -0.2) is 37.1 Å². The molecule has 0 unspecified atom stereocenters. The zero-order valence-corrected chi connectivity index (χ0v) is 18.0. The van der Waals surface area contributed by atoms with Gasteiger partial charge in [0.2, 0.25) is 0 Å². The summed E-state index contributed by atoms with van der Waals surface area (Å²) >= 11 is 1.46. The summed E-state index contributed by atoms with van der Waals surface area (Å²) in [5.41, 5.74) is 2.12. The van der Waals surface area contributed by atoms with Crippen LogP contribution >= 0.6 is 11.3 Å². The molecule has 2 heterocycles. The second-order valence-corrected chi connectivity index (χ2v) is 7.87. The van der Waals surface area contributed by atoms with Crippen LogP contribution in [-0.2, 0) is 13.1 Å². The van der Waals surface area contributed by atoms with E-state index in [1.165, 1.54) is 11.3 Å². The summed E-state index contributed by atoms with van der Waals surface area (Å²) in [6, 6.07) is 9.20. The molecule has 0 saturated carbocycles. The van der Waals surface area contributed by atoms with Gasteiger partial charge in [0.25, 0.3) is 5.91 Å². The first-order valence-electron chi connectivity index (χ1n) is 9.33. The van der Waals surface area contributed by atoms with Gasteiger partial charge in [-0.1, -0.05) is 0 Å². The molecule has 0 saturated heterocycles. The molecule has 0 atom stereocenters. The summed E-state index contributed by atoms with van der Waals surface area (Å²) < 4.78 is 22.5. The average Bonchev–Trinajstić information content (AvgIpc) is 3.19. The van der Waals surface area contributed by atoms with Crippen LogP contribution in [0, 0.1) is 6.92 Å². The molecule has 0 aliphatic carbocycles. The molecule has 0 spiro atoms. The molecule has 156 valence electrons. The minimum Gasteiger partial charge on any atom is -0.497 e. The van der Waals surface area contributed by atoms with E-state index >= 15 is 0 Å². The van der Waals surface area contributed by atoms with Gasteiger partial charge in [0, 0.05) is 28.6 Å². The van der Waals surface area contributed by atoms with Crippen molar-refractivity contribution in [3.8, 4) is 28.7 Å². The molecule has 0 N–H and O–H groups in total. The van der Waals surface area contributed by atoms with Gasteiger partial charge in [-0.15, -0.1) is 11.3 Å². The van der Waals surface area contributed by atoms with E-state index in [2.05, 4.69) is 4.98 Å². The monoisotopic (exact) mass is 426 g/mol. The Morgan fingerprint density at radius 2 is 1.70 bits per heavy atom. The van der Waals surface area contributed by atoms with Gasteiger partial charge in [0.15, 0.2) is 11.5 Å². The van der Waals surface area contributed by atoms with Crippen molar-refractivity contribution in [2.45, 2.75) is 20.0 Å². The third-order valence-electron chi connectivity index (χ3n) is 4.91. The number of aromatic nitrogens is 1.